The highest BCUT2D eigenvalue weighted by molar-refractivity contribution is 7.80. The third-order valence-corrected chi connectivity index (χ3v) is 4.04. The maximum absolute atomic E-state index is 5.79. The van der Waals surface area contributed by atoms with Gasteiger partial charge in [0.15, 0.2) is 0 Å². The fourth-order valence-electron chi connectivity index (χ4n) is 2.37. The molecule has 0 unspecified atom stereocenters. The number of ether oxygens (including phenoxy) is 1. The Kier molecular flexibility index (Phi) is 8.42. The lowest BCUT2D eigenvalue weighted by Crippen LogP contribution is -1.97. The molecule has 23 heavy (non-hydrogen) atoms. The standard InChI is InChI=1S/C21H26OS/c23-18-8-3-1-2-7-17-22-21-15-13-20(14-16-21)12-11-19-9-5-4-6-10-19/h4-6,9-16,23H,1-3,7-8,17-18H2. The van der Waals surface area contributed by atoms with Crippen LogP contribution in [0, 0.1) is 0 Å². The summed E-state index contributed by atoms with van der Waals surface area (Å²) in [6.45, 7) is 0.806. The molecule has 0 aromatic heterocycles. The van der Waals surface area contributed by atoms with Crippen molar-refractivity contribution in [2.75, 3.05) is 12.4 Å². The van der Waals surface area contributed by atoms with E-state index in [0.29, 0.717) is 0 Å². The number of benzene rings is 2. The summed E-state index contributed by atoms with van der Waals surface area (Å²) < 4.78 is 5.79. The second-order valence-corrected chi connectivity index (χ2v) is 6.10. The van der Waals surface area contributed by atoms with E-state index >= 15 is 0 Å². The van der Waals surface area contributed by atoms with Crippen LogP contribution in [0.2, 0.25) is 0 Å². The average molecular weight is 327 g/mol. The average Bonchev–Trinajstić information content (AvgIpc) is 2.61. The van der Waals surface area contributed by atoms with Crippen LogP contribution in [0.15, 0.2) is 54.6 Å². The quantitative estimate of drug-likeness (QED) is 0.314. The van der Waals surface area contributed by atoms with Crippen LogP contribution in [0.5, 0.6) is 5.75 Å². The molecule has 2 aromatic carbocycles. The minimum atomic E-state index is 0.806. The maximum atomic E-state index is 5.79. The first-order valence-electron chi connectivity index (χ1n) is 8.45. The predicted molar refractivity (Wildman–Crippen MR) is 104 cm³/mol. The van der Waals surface area contributed by atoms with Crippen molar-refractivity contribution in [1.82, 2.24) is 0 Å². The smallest absolute Gasteiger partial charge is 0.119 e. The van der Waals surface area contributed by atoms with Gasteiger partial charge in [-0.15, -0.1) is 0 Å². The zero-order valence-corrected chi connectivity index (χ0v) is 14.6. The summed E-state index contributed by atoms with van der Waals surface area (Å²) in [6.07, 6.45) is 10.4. The molecule has 0 aliphatic heterocycles. The zero-order valence-electron chi connectivity index (χ0n) is 13.7. The molecule has 0 aliphatic rings. The Morgan fingerprint density at radius 1 is 0.696 bits per heavy atom. The van der Waals surface area contributed by atoms with Gasteiger partial charge in [0.1, 0.15) is 5.75 Å². The predicted octanol–water partition coefficient (Wildman–Crippen LogP) is 6.12. The Hall–Kier alpha value is -1.67. The SMILES string of the molecule is SCCCCCCCOc1ccc(C=Cc2ccccc2)cc1. The molecule has 0 spiro atoms. The van der Waals surface area contributed by atoms with Crippen LogP contribution in [0.3, 0.4) is 0 Å². The number of hydrogen-bond acceptors (Lipinski definition) is 2. The maximum Gasteiger partial charge on any atom is 0.119 e. The molecule has 0 N–H and O–H groups in total. The molecule has 2 aromatic rings. The van der Waals surface area contributed by atoms with Gasteiger partial charge in [-0.3, -0.25) is 0 Å². The van der Waals surface area contributed by atoms with E-state index in [2.05, 4.69) is 61.2 Å². The van der Waals surface area contributed by atoms with Crippen molar-refractivity contribution >= 4 is 24.8 Å². The Labute approximate surface area is 145 Å². The van der Waals surface area contributed by atoms with E-state index in [4.69, 9.17) is 4.74 Å². The molecule has 0 amide bonds. The lowest BCUT2D eigenvalue weighted by Gasteiger charge is -2.06. The van der Waals surface area contributed by atoms with Gasteiger partial charge in [0.2, 0.25) is 0 Å². The van der Waals surface area contributed by atoms with Crippen molar-refractivity contribution in [3.8, 4) is 5.75 Å². The molecule has 0 fully saturated rings. The van der Waals surface area contributed by atoms with Gasteiger partial charge in [0, 0.05) is 0 Å². The highest BCUT2D eigenvalue weighted by Crippen LogP contribution is 2.15. The van der Waals surface area contributed by atoms with Gasteiger partial charge in [-0.1, -0.05) is 73.9 Å². The molecular formula is C21H26OS. The van der Waals surface area contributed by atoms with E-state index in [1.54, 1.807) is 0 Å². The van der Waals surface area contributed by atoms with Crippen LogP contribution < -0.4 is 4.74 Å². The molecule has 2 heteroatoms. The molecule has 0 radical (unpaired) electrons. The van der Waals surface area contributed by atoms with Crippen molar-refractivity contribution in [2.24, 2.45) is 0 Å². The summed E-state index contributed by atoms with van der Waals surface area (Å²) in [6, 6.07) is 18.6. The fraction of sp³-hybridized carbons (Fsp3) is 0.333. The molecule has 0 aliphatic carbocycles. The Balaban J connectivity index is 1.69. The third kappa shape index (κ3) is 7.43. The topological polar surface area (TPSA) is 9.23 Å². The zero-order chi connectivity index (χ0) is 16.2. The van der Waals surface area contributed by atoms with Crippen LogP contribution in [0.4, 0.5) is 0 Å². The van der Waals surface area contributed by atoms with Crippen LogP contribution in [0.1, 0.15) is 43.2 Å². The number of unbranched alkanes of at least 4 members (excludes halogenated alkanes) is 4. The number of thiol groups is 1. The van der Waals surface area contributed by atoms with E-state index in [9.17, 15) is 0 Å². The highest BCUT2D eigenvalue weighted by Gasteiger charge is 1.95. The summed E-state index contributed by atoms with van der Waals surface area (Å²) in [4.78, 5) is 0. The van der Waals surface area contributed by atoms with E-state index in [-0.39, 0.29) is 0 Å². The lowest BCUT2D eigenvalue weighted by atomic mass is 10.1. The van der Waals surface area contributed by atoms with Crippen molar-refractivity contribution in [3.05, 3.63) is 65.7 Å². The molecule has 0 bridgehead atoms. The second-order valence-electron chi connectivity index (χ2n) is 5.65. The Morgan fingerprint density at radius 2 is 1.30 bits per heavy atom. The molecule has 0 saturated carbocycles. The monoisotopic (exact) mass is 326 g/mol. The van der Waals surface area contributed by atoms with Gasteiger partial charge in [-0.05, 0) is 41.9 Å². The summed E-state index contributed by atoms with van der Waals surface area (Å²) in [7, 11) is 0. The van der Waals surface area contributed by atoms with Gasteiger partial charge in [0.25, 0.3) is 0 Å². The second kappa shape index (κ2) is 11.0. The van der Waals surface area contributed by atoms with Gasteiger partial charge in [-0.2, -0.15) is 12.6 Å². The first kappa shape index (κ1) is 17.7. The summed E-state index contributed by atoms with van der Waals surface area (Å²) in [5.41, 5.74) is 2.40. The highest BCUT2D eigenvalue weighted by atomic mass is 32.1. The molecule has 1 nitrogen and oxygen atoms in total. The molecule has 2 rings (SSSR count). The number of hydrogen-bond donors (Lipinski definition) is 1. The van der Waals surface area contributed by atoms with Crippen LogP contribution >= 0.6 is 12.6 Å². The number of rotatable bonds is 10. The summed E-state index contributed by atoms with van der Waals surface area (Å²) >= 11 is 4.23. The summed E-state index contributed by atoms with van der Waals surface area (Å²) in [5.74, 6) is 1.96. The van der Waals surface area contributed by atoms with Gasteiger partial charge in [0.05, 0.1) is 6.61 Å². The van der Waals surface area contributed by atoms with Crippen molar-refractivity contribution in [2.45, 2.75) is 32.1 Å². The van der Waals surface area contributed by atoms with E-state index in [1.807, 2.05) is 18.2 Å². The van der Waals surface area contributed by atoms with Crippen LogP contribution in [0.25, 0.3) is 12.2 Å². The molecule has 122 valence electrons. The van der Waals surface area contributed by atoms with Crippen LogP contribution in [-0.2, 0) is 0 Å². The molecular weight excluding hydrogens is 300 g/mol. The molecule has 0 heterocycles. The summed E-state index contributed by atoms with van der Waals surface area (Å²) in [5, 5.41) is 0. The Bertz CT molecular complexity index is 560. The first-order valence-corrected chi connectivity index (χ1v) is 9.08. The van der Waals surface area contributed by atoms with Gasteiger partial charge >= 0.3 is 0 Å². The lowest BCUT2D eigenvalue weighted by molar-refractivity contribution is 0.304. The van der Waals surface area contributed by atoms with E-state index < -0.39 is 0 Å². The minimum absolute atomic E-state index is 0.806. The van der Waals surface area contributed by atoms with Crippen molar-refractivity contribution in [3.63, 3.8) is 0 Å². The van der Waals surface area contributed by atoms with E-state index in [0.717, 1.165) is 24.5 Å². The van der Waals surface area contributed by atoms with Crippen molar-refractivity contribution in [1.29, 1.82) is 0 Å². The normalized spacial score (nSPS) is 11.0. The largest absolute Gasteiger partial charge is 0.494 e. The fourth-order valence-corrected chi connectivity index (χ4v) is 2.59. The van der Waals surface area contributed by atoms with E-state index in [1.165, 1.54) is 36.8 Å². The van der Waals surface area contributed by atoms with Crippen molar-refractivity contribution < 1.29 is 4.74 Å². The van der Waals surface area contributed by atoms with Gasteiger partial charge in [-0.25, -0.2) is 0 Å². The minimum Gasteiger partial charge on any atom is -0.494 e. The van der Waals surface area contributed by atoms with Gasteiger partial charge < -0.3 is 4.74 Å². The Morgan fingerprint density at radius 3 is 2.00 bits per heavy atom. The molecule has 0 saturated heterocycles. The first-order chi connectivity index (χ1) is 11.4. The van der Waals surface area contributed by atoms with Crippen LogP contribution in [-0.4, -0.2) is 12.4 Å². The molecule has 0 atom stereocenters. The third-order valence-electron chi connectivity index (χ3n) is 3.72.